The van der Waals surface area contributed by atoms with E-state index in [0.717, 1.165) is 29.8 Å². The zero-order chi connectivity index (χ0) is 19.5. The second kappa shape index (κ2) is 7.77. The van der Waals surface area contributed by atoms with Crippen LogP contribution in [0.25, 0.3) is 0 Å². The number of anilines is 2. The molecule has 0 saturated carbocycles. The predicted octanol–water partition coefficient (Wildman–Crippen LogP) is 4.75. The van der Waals surface area contributed by atoms with Gasteiger partial charge in [0, 0.05) is 12.2 Å². The van der Waals surface area contributed by atoms with Crippen LogP contribution in [0.4, 0.5) is 11.4 Å². The Kier molecular flexibility index (Phi) is 5.02. The number of amides is 1. The van der Waals surface area contributed by atoms with Crippen LogP contribution in [0, 0.1) is 6.92 Å². The Morgan fingerprint density at radius 1 is 1.04 bits per heavy atom. The highest BCUT2D eigenvalue weighted by Gasteiger charge is 2.32. The van der Waals surface area contributed by atoms with Crippen molar-refractivity contribution in [3.8, 4) is 5.75 Å². The normalized spacial score (nSPS) is 13.7. The minimum absolute atomic E-state index is 0.0631. The minimum Gasteiger partial charge on any atom is -0.495 e. The van der Waals surface area contributed by atoms with Gasteiger partial charge in [0.25, 0.3) is 5.91 Å². The van der Waals surface area contributed by atoms with E-state index in [9.17, 15) is 4.79 Å². The molecule has 0 radical (unpaired) electrons. The fraction of sp³-hybridized carbons (Fsp3) is 0.208. The van der Waals surface area contributed by atoms with Gasteiger partial charge in [0.05, 0.1) is 12.8 Å². The van der Waals surface area contributed by atoms with E-state index in [-0.39, 0.29) is 5.91 Å². The van der Waals surface area contributed by atoms with Crippen molar-refractivity contribution in [2.75, 3.05) is 23.9 Å². The number of nitrogens with one attached hydrogen (secondary N) is 1. The summed E-state index contributed by atoms with van der Waals surface area (Å²) in [6.07, 6.45) is 0.945. The monoisotopic (exact) mass is 372 g/mol. The number of fused-ring (bicyclic) bond motifs is 1. The van der Waals surface area contributed by atoms with E-state index in [2.05, 4.69) is 28.4 Å². The van der Waals surface area contributed by atoms with Gasteiger partial charge in [-0.05, 0) is 48.2 Å². The van der Waals surface area contributed by atoms with Gasteiger partial charge in [0.15, 0.2) is 0 Å². The molecule has 142 valence electrons. The molecule has 1 aliphatic rings. The summed E-state index contributed by atoms with van der Waals surface area (Å²) in [5.41, 5.74) is 5.15. The number of ether oxygens (including phenoxy) is 1. The number of nitrogens with zero attached hydrogens (tertiary/aromatic N) is 1. The third-order valence-electron chi connectivity index (χ3n) is 5.21. The summed E-state index contributed by atoms with van der Waals surface area (Å²) in [5, 5.41) is 3.10. The van der Waals surface area contributed by atoms with Crippen LogP contribution in [0.5, 0.6) is 5.75 Å². The molecule has 1 atom stereocenters. The van der Waals surface area contributed by atoms with Crippen molar-refractivity contribution >= 4 is 17.3 Å². The number of benzene rings is 3. The van der Waals surface area contributed by atoms with Crippen LogP contribution in [0.15, 0.2) is 72.8 Å². The Hall–Kier alpha value is -3.27. The Labute approximate surface area is 165 Å². The minimum atomic E-state index is -0.407. The van der Waals surface area contributed by atoms with Crippen molar-refractivity contribution in [2.45, 2.75) is 19.4 Å². The van der Waals surface area contributed by atoms with Crippen molar-refractivity contribution in [2.24, 2.45) is 0 Å². The van der Waals surface area contributed by atoms with Crippen LogP contribution in [0.2, 0.25) is 0 Å². The van der Waals surface area contributed by atoms with E-state index in [1.165, 1.54) is 5.56 Å². The molecule has 0 spiro atoms. The smallest absolute Gasteiger partial charge is 0.251 e. The Morgan fingerprint density at radius 3 is 2.57 bits per heavy atom. The van der Waals surface area contributed by atoms with Gasteiger partial charge in [-0.3, -0.25) is 4.79 Å². The molecule has 0 saturated heterocycles. The molecular weight excluding hydrogens is 348 g/mol. The highest BCUT2D eigenvalue weighted by molar-refractivity contribution is 5.99. The fourth-order valence-corrected chi connectivity index (χ4v) is 3.86. The number of carbonyl (C=O) groups excluding carboxylic acids is 1. The van der Waals surface area contributed by atoms with E-state index >= 15 is 0 Å². The molecule has 1 amide bonds. The van der Waals surface area contributed by atoms with Crippen LogP contribution in [-0.2, 0) is 11.2 Å². The first-order valence-electron chi connectivity index (χ1n) is 9.52. The van der Waals surface area contributed by atoms with Crippen molar-refractivity contribution in [1.29, 1.82) is 0 Å². The first-order chi connectivity index (χ1) is 13.7. The maximum absolute atomic E-state index is 13.5. The number of rotatable bonds is 5. The Morgan fingerprint density at radius 2 is 1.79 bits per heavy atom. The molecule has 0 fully saturated rings. The first kappa shape index (κ1) is 18.1. The van der Waals surface area contributed by atoms with Crippen LogP contribution < -0.4 is 15.0 Å². The summed E-state index contributed by atoms with van der Waals surface area (Å²) in [4.78, 5) is 15.7. The maximum Gasteiger partial charge on any atom is 0.251 e. The average molecular weight is 372 g/mol. The number of hydrogen-bond acceptors (Lipinski definition) is 3. The largest absolute Gasteiger partial charge is 0.495 e. The molecule has 0 aromatic heterocycles. The number of methoxy groups -OCH3 is 1. The lowest BCUT2D eigenvalue weighted by molar-refractivity contribution is -0.117. The number of carbonyl (C=O) groups is 1. The van der Waals surface area contributed by atoms with Gasteiger partial charge in [-0.1, -0.05) is 54.6 Å². The van der Waals surface area contributed by atoms with Gasteiger partial charge in [0.2, 0.25) is 0 Å². The first-order valence-corrected chi connectivity index (χ1v) is 9.52. The molecule has 3 aromatic rings. The highest BCUT2D eigenvalue weighted by atomic mass is 16.5. The van der Waals surface area contributed by atoms with Crippen LogP contribution in [-0.4, -0.2) is 19.6 Å². The van der Waals surface area contributed by atoms with E-state index in [1.807, 2.05) is 61.5 Å². The van der Waals surface area contributed by atoms with E-state index in [0.29, 0.717) is 11.4 Å². The standard InChI is InChI=1S/C24H24N2O2/c1-17-12-13-22(28-2)20(16-17)25-24(27)23(19-9-4-3-5-10-19)26-15-14-18-8-6-7-11-21(18)26/h3-13,16,23H,14-15H2,1-2H3,(H,25,27)/t23-/m1/s1. The lowest BCUT2D eigenvalue weighted by atomic mass is 10.0. The van der Waals surface area contributed by atoms with Gasteiger partial charge in [-0.25, -0.2) is 0 Å². The third kappa shape index (κ3) is 3.46. The molecule has 4 rings (SSSR count). The van der Waals surface area contributed by atoms with Gasteiger partial charge in [-0.2, -0.15) is 0 Å². The molecule has 4 heteroatoms. The summed E-state index contributed by atoms with van der Waals surface area (Å²) in [6.45, 7) is 2.82. The number of aryl methyl sites for hydroxylation is 1. The van der Waals surface area contributed by atoms with Crippen molar-refractivity contribution in [3.63, 3.8) is 0 Å². The molecule has 3 aromatic carbocycles. The number of para-hydroxylation sites is 1. The summed E-state index contributed by atoms with van der Waals surface area (Å²) in [5.74, 6) is 0.597. The molecule has 0 unspecified atom stereocenters. The summed E-state index contributed by atoms with van der Waals surface area (Å²) < 4.78 is 5.44. The lowest BCUT2D eigenvalue weighted by Gasteiger charge is -2.30. The molecule has 1 heterocycles. The van der Waals surface area contributed by atoms with Crippen LogP contribution >= 0.6 is 0 Å². The molecule has 4 nitrogen and oxygen atoms in total. The molecule has 0 bridgehead atoms. The quantitative estimate of drug-likeness (QED) is 0.703. The van der Waals surface area contributed by atoms with E-state index < -0.39 is 6.04 Å². The zero-order valence-electron chi connectivity index (χ0n) is 16.2. The molecular formula is C24H24N2O2. The fourth-order valence-electron chi connectivity index (χ4n) is 3.86. The lowest BCUT2D eigenvalue weighted by Crippen LogP contribution is -2.36. The summed E-state index contributed by atoms with van der Waals surface area (Å²) >= 11 is 0. The van der Waals surface area contributed by atoms with Crippen molar-refractivity contribution in [1.82, 2.24) is 0 Å². The Balaban J connectivity index is 1.71. The third-order valence-corrected chi connectivity index (χ3v) is 5.21. The molecule has 28 heavy (non-hydrogen) atoms. The van der Waals surface area contributed by atoms with E-state index in [1.54, 1.807) is 7.11 Å². The maximum atomic E-state index is 13.5. The molecule has 1 N–H and O–H groups in total. The van der Waals surface area contributed by atoms with Gasteiger partial charge >= 0.3 is 0 Å². The van der Waals surface area contributed by atoms with Gasteiger partial charge in [-0.15, -0.1) is 0 Å². The van der Waals surface area contributed by atoms with Gasteiger partial charge < -0.3 is 15.0 Å². The second-order valence-electron chi connectivity index (χ2n) is 7.08. The predicted molar refractivity (Wildman–Crippen MR) is 113 cm³/mol. The molecule has 0 aliphatic carbocycles. The highest BCUT2D eigenvalue weighted by Crippen LogP contribution is 2.36. The summed E-state index contributed by atoms with van der Waals surface area (Å²) in [7, 11) is 1.62. The van der Waals surface area contributed by atoms with Gasteiger partial charge in [0.1, 0.15) is 11.8 Å². The topological polar surface area (TPSA) is 41.6 Å². The van der Waals surface area contributed by atoms with Crippen molar-refractivity contribution in [3.05, 3.63) is 89.5 Å². The van der Waals surface area contributed by atoms with E-state index in [4.69, 9.17) is 4.74 Å². The van der Waals surface area contributed by atoms with Crippen molar-refractivity contribution < 1.29 is 9.53 Å². The SMILES string of the molecule is COc1ccc(C)cc1NC(=O)[C@@H](c1ccccc1)N1CCc2ccccc21. The second-order valence-corrected chi connectivity index (χ2v) is 7.08. The van der Waals surface area contributed by atoms with Crippen LogP contribution in [0.1, 0.15) is 22.7 Å². The number of hydrogen-bond donors (Lipinski definition) is 1. The Bertz CT molecular complexity index is 985. The van der Waals surface area contributed by atoms with Crippen LogP contribution in [0.3, 0.4) is 0 Å². The zero-order valence-corrected chi connectivity index (χ0v) is 16.2. The molecule has 1 aliphatic heterocycles. The summed E-state index contributed by atoms with van der Waals surface area (Å²) in [6, 6.07) is 23.7. The average Bonchev–Trinajstić information content (AvgIpc) is 3.13.